The maximum absolute atomic E-state index is 11.6. The Bertz CT molecular complexity index is 269. The molecule has 0 aromatic heterocycles. The van der Waals surface area contributed by atoms with E-state index in [2.05, 4.69) is 5.32 Å². The zero-order chi connectivity index (χ0) is 11.2. The van der Waals surface area contributed by atoms with Crippen LogP contribution in [-0.2, 0) is 14.3 Å². The Balaban J connectivity index is 1.61. The van der Waals surface area contributed by atoms with Gasteiger partial charge in [0.05, 0.1) is 19.3 Å². The Morgan fingerprint density at radius 1 is 1.50 bits per heavy atom. The van der Waals surface area contributed by atoms with E-state index in [0.29, 0.717) is 31.5 Å². The van der Waals surface area contributed by atoms with Crippen molar-refractivity contribution in [3.05, 3.63) is 11.8 Å². The lowest BCUT2D eigenvalue weighted by Gasteiger charge is -2.22. The van der Waals surface area contributed by atoms with E-state index in [0.717, 1.165) is 32.4 Å². The van der Waals surface area contributed by atoms with Gasteiger partial charge in [-0.3, -0.25) is 4.79 Å². The van der Waals surface area contributed by atoms with E-state index in [9.17, 15) is 4.79 Å². The molecule has 0 spiro atoms. The molecule has 0 saturated carbocycles. The highest BCUT2D eigenvalue weighted by atomic mass is 16.5. The second-order valence-electron chi connectivity index (χ2n) is 4.20. The lowest BCUT2D eigenvalue weighted by molar-refractivity contribution is -0.120. The molecule has 0 unspecified atom stereocenters. The highest BCUT2D eigenvalue weighted by Gasteiger charge is 2.17. The monoisotopic (exact) mass is 225 g/mol. The molecule has 90 valence electrons. The van der Waals surface area contributed by atoms with Crippen molar-refractivity contribution in [1.82, 2.24) is 5.32 Å². The van der Waals surface area contributed by atoms with Gasteiger partial charge in [-0.25, -0.2) is 0 Å². The van der Waals surface area contributed by atoms with Gasteiger partial charge in [0.1, 0.15) is 0 Å². The van der Waals surface area contributed by atoms with Gasteiger partial charge in [-0.1, -0.05) is 0 Å². The first kappa shape index (κ1) is 11.6. The first-order valence-corrected chi connectivity index (χ1v) is 6.05. The van der Waals surface area contributed by atoms with Crippen LogP contribution in [0.3, 0.4) is 0 Å². The summed E-state index contributed by atoms with van der Waals surface area (Å²) in [7, 11) is 0. The van der Waals surface area contributed by atoms with Crippen LogP contribution in [0.25, 0.3) is 0 Å². The van der Waals surface area contributed by atoms with Crippen molar-refractivity contribution in [2.75, 3.05) is 26.3 Å². The Morgan fingerprint density at radius 3 is 3.00 bits per heavy atom. The number of nitrogens with one attached hydrogen (secondary N) is 1. The summed E-state index contributed by atoms with van der Waals surface area (Å²) in [5.74, 6) is 0.611. The molecule has 0 aromatic carbocycles. The molecule has 4 heteroatoms. The quantitative estimate of drug-likeness (QED) is 0.759. The smallest absolute Gasteiger partial charge is 0.199 e. The minimum absolute atomic E-state index is 0.0754. The number of ether oxygens (including phenoxy) is 2. The zero-order valence-electron chi connectivity index (χ0n) is 9.54. The van der Waals surface area contributed by atoms with Crippen molar-refractivity contribution in [1.29, 1.82) is 0 Å². The molecule has 0 aromatic rings. The normalized spacial score (nSPS) is 21.6. The Labute approximate surface area is 96.0 Å². The van der Waals surface area contributed by atoms with E-state index in [1.807, 2.05) is 6.08 Å². The fourth-order valence-corrected chi connectivity index (χ4v) is 2.02. The predicted molar refractivity (Wildman–Crippen MR) is 60.1 cm³/mol. The summed E-state index contributed by atoms with van der Waals surface area (Å²) in [6.07, 6.45) is 5.59. The van der Waals surface area contributed by atoms with Crippen LogP contribution in [0.2, 0.25) is 0 Å². The molecule has 2 heterocycles. The van der Waals surface area contributed by atoms with Gasteiger partial charge in [0.25, 0.3) is 0 Å². The van der Waals surface area contributed by atoms with Crippen LogP contribution in [0.15, 0.2) is 11.8 Å². The number of hydrogen-bond donors (Lipinski definition) is 1. The largest absolute Gasteiger partial charge is 0.490 e. The number of carbonyl (C=O) groups excluding carboxylic acids is 1. The van der Waals surface area contributed by atoms with E-state index in [4.69, 9.17) is 9.47 Å². The molecule has 0 bridgehead atoms. The first-order valence-electron chi connectivity index (χ1n) is 6.05. The molecule has 0 amide bonds. The van der Waals surface area contributed by atoms with E-state index >= 15 is 0 Å². The summed E-state index contributed by atoms with van der Waals surface area (Å²) >= 11 is 0. The average molecular weight is 225 g/mol. The van der Waals surface area contributed by atoms with Crippen LogP contribution < -0.4 is 5.32 Å². The standard InChI is InChI=1S/C12H19NO3/c14-11(12-2-1-8-16-12)5-9-15-10-3-6-13-7-4-10/h2,10,13H,1,3-9H2. The van der Waals surface area contributed by atoms with Crippen molar-refractivity contribution in [2.24, 2.45) is 0 Å². The van der Waals surface area contributed by atoms with Gasteiger partial charge >= 0.3 is 0 Å². The summed E-state index contributed by atoms with van der Waals surface area (Å²) in [5, 5.41) is 3.28. The third-order valence-electron chi connectivity index (χ3n) is 2.95. The predicted octanol–water partition coefficient (Wildman–Crippen LogP) is 1.02. The molecule has 0 atom stereocenters. The maximum Gasteiger partial charge on any atom is 0.199 e. The molecule has 2 rings (SSSR count). The maximum atomic E-state index is 11.6. The SMILES string of the molecule is O=C(CCOC1CCNCC1)C1=CCCO1. The van der Waals surface area contributed by atoms with Crippen molar-refractivity contribution < 1.29 is 14.3 Å². The van der Waals surface area contributed by atoms with Gasteiger partial charge in [0.2, 0.25) is 0 Å². The second kappa shape index (κ2) is 6.01. The van der Waals surface area contributed by atoms with Crippen LogP contribution in [0.4, 0.5) is 0 Å². The summed E-state index contributed by atoms with van der Waals surface area (Å²) in [6, 6.07) is 0. The number of rotatable bonds is 5. The van der Waals surface area contributed by atoms with Crippen LogP contribution in [0.5, 0.6) is 0 Å². The number of carbonyl (C=O) groups is 1. The van der Waals surface area contributed by atoms with Gasteiger partial charge in [0.15, 0.2) is 11.5 Å². The molecular weight excluding hydrogens is 206 g/mol. The van der Waals surface area contributed by atoms with Crippen LogP contribution in [0.1, 0.15) is 25.7 Å². The molecule has 0 aliphatic carbocycles. The summed E-state index contributed by atoms with van der Waals surface area (Å²) in [4.78, 5) is 11.6. The molecule has 2 aliphatic heterocycles. The molecule has 2 aliphatic rings. The van der Waals surface area contributed by atoms with E-state index in [1.165, 1.54) is 0 Å². The molecular formula is C12H19NO3. The summed E-state index contributed by atoms with van der Waals surface area (Å²) in [6.45, 7) is 3.21. The van der Waals surface area contributed by atoms with E-state index in [-0.39, 0.29) is 5.78 Å². The van der Waals surface area contributed by atoms with Crippen molar-refractivity contribution in [2.45, 2.75) is 31.8 Å². The average Bonchev–Trinajstić information content (AvgIpc) is 2.84. The number of Topliss-reactive ketones (excluding diaryl/α,β-unsaturated/α-hetero) is 1. The zero-order valence-corrected chi connectivity index (χ0v) is 9.54. The van der Waals surface area contributed by atoms with Gasteiger partial charge in [0, 0.05) is 12.8 Å². The van der Waals surface area contributed by atoms with Crippen LogP contribution in [-0.4, -0.2) is 38.2 Å². The number of piperidine rings is 1. The molecule has 1 saturated heterocycles. The first-order chi connectivity index (χ1) is 7.86. The second-order valence-corrected chi connectivity index (χ2v) is 4.20. The highest BCUT2D eigenvalue weighted by Crippen LogP contribution is 2.13. The molecule has 1 N–H and O–H groups in total. The van der Waals surface area contributed by atoms with Gasteiger partial charge in [-0.15, -0.1) is 0 Å². The van der Waals surface area contributed by atoms with Crippen molar-refractivity contribution in [3.8, 4) is 0 Å². The topological polar surface area (TPSA) is 47.6 Å². The molecule has 0 radical (unpaired) electrons. The molecule has 16 heavy (non-hydrogen) atoms. The number of hydrogen-bond acceptors (Lipinski definition) is 4. The van der Waals surface area contributed by atoms with Crippen LogP contribution >= 0.6 is 0 Å². The summed E-state index contributed by atoms with van der Waals surface area (Å²) in [5.41, 5.74) is 0. The minimum atomic E-state index is 0.0754. The Morgan fingerprint density at radius 2 is 2.31 bits per heavy atom. The third-order valence-corrected chi connectivity index (χ3v) is 2.95. The third kappa shape index (κ3) is 3.32. The highest BCUT2D eigenvalue weighted by molar-refractivity contribution is 5.93. The van der Waals surface area contributed by atoms with Gasteiger partial charge in [-0.2, -0.15) is 0 Å². The molecule has 1 fully saturated rings. The fraction of sp³-hybridized carbons (Fsp3) is 0.750. The van der Waals surface area contributed by atoms with Crippen molar-refractivity contribution in [3.63, 3.8) is 0 Å². The fourth-order valence-electron chi connectivity index (χ4n) is 2.02. The van der Waals surface area contributed by atoms with Gasteiger partial charge < -0.3 is 14.8 Å². The Kier molecular flexibility index (Phi) is 4.36. The van der Waals surface area contributed by atoms with Crippen molar-refractivity contribution >= 4 is 5.78 Å². The Hall–Kier alpha value is -0.870. The van der Waals surface area contributed by atoms with Gasteiger partial charge in [-0.05, 0) is 32.0 Å². The van der Waals surface area contributed by atoms with E-state index in [1.54, 1.807) is 0 Å². The number of ketones is 1. The van der Waals surface area contributed by atoms with E-state index < -0.39 is 0 Å². The number of allylic oxidation sites excluding steroid dienone is 1. The summed E-state index contributed by atoms with van der Waals surface area (Å²) < 4.78 is 10.9. The minimum Gasteiger partial charge on any atom is -0.490 e. The molecule has 4 nitrogen and oxygen atoms in total. The van der Waals surface area contributed by atoms with Crippen LogP contribution in [0, 0.1) is 0 Å². The lowest BCUT2D eigenvalue weighted by atomic mass is 10.1. The lowest BCUT2D eigenvalue weighted by Crippen LogP contribution is -2.32.